The Morgan fingerprint density at radius 3 is 2.16 bits per heavy atom. The van der Waals surface area contributed by atoms with E-state index in [-0.39, 0.29) is 54.7 Å². The summed E-state index contributed by atoms with van der Waals surface area (Å²) >= 11 is 0. The molecule has 4 saturated heterocycles. The van der Waals surface area contributed by atoms with Gasteiger partial charge in [0.15, 0.2) is 5.78 Å². The molecule has 0 unspecified atom stereocenters. The van der Waals surface area contributed by atoms with Crippen molar-refractivity contribution in [2.24, 2.45) is 11.8 Å². The largest absolute Gasteiger partial charge is 1.00 e. The Bertz CT molecular complexity index is 1530. The monoisotopic (exact) mass is 629 g/mol. The Labute approximate surface area is 263 Å². The van der Waals surface area contributed by atoms with Gasteiger partial charge in [0.2, 0.25) is 5.91 Å². The molecular formula is C32H37Cl2N3O6. The second-order valence-electron chi connectivity index (χ2n) is 12.9. The number of nitrogens with zero attached hydrogens (tertiary/aromatic N) is 3. The van der Waals surface area contributed by atoms with Crippen LogP contribution in [0.4, 0.5) is 0 Å². The summed E-state index contributed by atoms with van der Waals surface area (Å²) in [5.74, 6) is -2.43. The lowest BCUT2D eigenvalue weighted by Gasteiger charge is -2.55. The molecule has 0 radical (unpaired) electrons. The highest BCUT2D eigenvalue weighted by Crippen LogP contribution is 2.51. The molecule has 2 aromatic carbocycles. The molecule has 6 aliphatic rings. The average molecular weight is 631 g/mol. The first-order valence-corrected chi connectivity index (χ1v) is 14.7. The molecule has 1 amide bonds. The maximum atomic E-state index is 13.5. The minimum absolute atomic E-state index is 0. The van der Waals surface area contributed by atoms with E-state index in [4.69, 9.17) is 0 Å². The number of carbonyl (C=O) groups excluding carboxylic acids is 2. The van der Waals surface area contributed by atoms with Gasteiger partial charge in [-0.3, -0.25) is 9.59 Å². The highest BCUT2D eigenvalue weighted by atomic mass is 35.5. The number of benzene rings is 2. The van der Waals surface area contributed by atoms with Crippen LogP contribution in [0.3, 0.4) is 0 Å². The van der Waals surface area contributed by atoms with Gasteiger partial charge in [0.05, 0.1) is 24.7 Å². The number of hydrogen-bond donors (Lipinski definition) is 3. The van der Waals surface area contributed by atoms with Crippen LogP contribution in [0.2, 0.25) is 0 Å². The number of aliphatic hydroxyl groups excluding tert-OH is 2. The second kappa shape index (κ2) is 11.0. The zero-order valence-electron chi connectivity index (χ0n) is 24.3. The number of piperazine rings is 3. The number of carbonyl (C=O) groups is 3. The van der Waals surface area contributed by atoms with Crippen molar-refractivity contribution in [3.8, 4) is 11.1 Å². The van der Waals surface area contributed by atoms with Gasteiger partial charge >= 0.3 is 5.97 Å². The third-order valence-corrected chi connectivity index (χ3v) is 10.8. The smallest absolute Gasteiger partial charge is 0.352 e. The Kier molecular flexibility index (Phi) is 8.08. The van der Waals surface area contributed by atoms with Gasteiger partial charge < -0.3 is 54.0 Å². The van der Waals surface area contributed by atoms with Gasteiger partial charge in [-0.05, 0) is 47.4 Å². The average Bonchev–Trinajstić information content (AvgIpc) is 3.37. The van der Waals surface area contributed by atoms with Crippen LogP contribution in [-0.4, -0.2) is 111 Å². The number of aliphatic carboxylic acids is 1. The lowest BCUT2D eigenvalue weighted by Crippen LogP contribution is -3.00. The zero-order chi connectivity index (χ0) is 28.8. The van der Waals surface area contributed by atoms with Gasteiger partial charge in [0.25, 0.3) is 0 Å². The standard InChI is InChI=1S/C32H36N3O6.2ClH/c1-18-26(29(32(40)41)33-28(18)27(19(2)37)31(33)39)21-4-6-23-24(16-21)22-5-3-20(15-25(22)30(23)38)17-35-10-7-34(8-11-35,9-12-35)13-14-36;;/h3-6,15-16,18-19,27-28,36-37H,7-14,17H2,1-2H3;2*1H/q+1;;/p-1/t18-,19+,27+,28+,34?,35?;;/m0../s1. The molecule has 8 rings (SSSR count). The van der Waals surface area contributed by atoms with Crippen LogP contribution in [0, 0.1) is 11.8 Å². The Morgan fingerprint density at radius 2 is 1.56 bits per heavy atom. The third kappa shape index (κ3) is 4.55. The molecule has 0 spiro atoms. The molecular weight excluding hydrogens is 593 g/mol. The molecule has 4 fully saturated rings. The molecule has 5 heterocycles. The number of carboxylic acid groups (broad SMARTS) is 1. The summed E-state index contributed by atoms with van der Waals surface area (Å²) in [4.78, 5) is 40.0. The molecule has 11 heteroatoms. The number of β-lactam (4-membered cyclic amide) rings is 1. The number of quaternary nitrogens is 2. The topological polar surface area (TPSA) is 115 Å². The number of aliphatic hydroxyl groups is 2. The molecule has 5 aliphatic heterocycles. The van der Waals surface area contributed by atoms with Crippen LogP contribution < -0.4 is 24.8 Å². The van der Waals surface area contributed by atoms with Crippen LogP contribution in [0.25, 0.3) is 16.7 Å². The van der Waals surface area contributed by atoms with Crippen molar-refractivity contribution >= 4 is 23.2 Å². The highest BCUT2D eigenvalue weighted by molar-refractivity contribution is 6.22. The summed E-state index contributed by atoms with van der Waals surface area (Å²) in [6.07, 6.45) is -0.859. The highest BCUT2D eigenvalue weighted by Gasteiger charge is 2.60. The Balaban J connectivity index is 0.00000184. The fraction of sp³-hybridized carbons (Fsp3) is 0.469. The number of ketones is 1. The van der Waals surface area contributed by atoms with Gasteiger partial charge in [0, 0.05) is 22.6 Å². The molecule has 43 heavy (non-hydrogen) atoms. The van der Waals surface area contributed by atoms with Crippen LogP contribution in [0.15, 0.2) is 42.1 Å². The summed E-state index contributed by atoms with van der Waals surface area (Å²) in [6.45, 7) is 12.0. The van der Waals surface area contributed by atoms with E-state index in [0.717, 1.165) is 78.0 Å². The molecule has 2 aromatic rings. The van der Waals surface area contributed by atoms with Crippen LogP contribution >= 0.6 is 0 Å². The Morgan fingerprint density at radius 1 is 0.930 bits per heavy atom. The van der Waals surface area contributed by atoms with Crippen molar-refractivity contribution in [1.29, 1.82) is 0 Å². The van der Waals surface area contributed by atoms with Crippen molar-refractivity contribution in [3.05, 3.63) is 64.3 Å². The van der Waals surface area contributed by atoms with E-state index >= 15 is 0 Å². The second-order valence-corrected chi connectivity index (χ2v) is 12.9. The normalized spacial score (nSPS) is 30.6. The number of amides is 1. The summed E-state index contributed by atoms with van der Waals surface area (Å²) in [5.41, 5.74) is 5.34. The first kappa shape index (κ1) is 31.6. The molecule has 9 nitrogen and oxygen atoms in total. The predicted molar refractivity (Wildman–Crippen MR) is 150 cm³/mol. The van der Waals surface area contributed by atoms with Crippen molar-refractivity contribution < 1.29 is 63.5 Å². The lowest BCUT2D eigenvalue weighted by molar-refractivity contribution is -1.09. The summed E-state index contributed by atoms with van der Waals surface area (Å²) < 4.78 is 2.06. The van der Waals surface area contributed by atoms with E-state index in [9.17, 15) is 29.7 Å². The van der Waals surface area contributed by atoms with Crippen molar-refractivity contribution in [1.82, 2.24) is 4.90 Å². The molecule has 1 aliphatic carbocycles. The zero-order valence-corrected chi connectivity index (χ0v) is 25.8. The number of halogens is 2. The van der Waals surface area contributed by atoms with Gasteiger partial charge in [-0.2, -0.15) is 0 Å². The predicted octanol–water partition coefficient (Wildman–Crippen LogP) is -4.29. The van der Waals surface area contributed by atoms with Crippen molar-refractivity contribution in [3.63, 3.8) is 0 Å². The fourth-order valence-electron chi connectivity index (χ4n) is 8.46. The molecule has 0 aromatic heterocycles. The first-order valence-electron chi connectivity index (χ1n) is 14.7. The van der Waals surface area contributed by atoms with E-state index in [1.807, 2.05) is 25.1 Å². The molecule has 2 bridgehead atoms. The van der Waals surface area contributed by atoms with Crippen LogP contribution in [0.5, 0.6) is 0 Å². The maximum Gasteiger partial charge on any atom is 0.352 e. The van der Waals surface area contributed by atoms with E-state index < -0.39 is 24.0 Å². The quantitative estimate of drug-likeness (QED) is 0.180. The SMILES string of the molecule is C[C@@H](O)[C@H]1C(=O)N2C(C(=O)O)=C(c3ccc4c(c3)-c3ccc(C[N+]56CC[N+](CCO)(CC5)CC6)cc3C4=O)[C@H](C)[C@H]12.[Cl-].[Cl-]. The van der Waals surface area contributed by atoms with Gasteiger partial charge in [-0.25, -0.2) is 4.79 Å². The number of rotatable bonds is 7. The van der Waals surface area contributed by atoms with Gasteiger partial charge in [0.1, 0.15) is 58.1 Å². The van der Waals surface area contributed by atoms with E-state index in [2.05, 4.69) is 6.07 Å². The number of hydrogen-bond acceptors (Lipinski definition) is 5. The maximum absolute atomic E-state index is 13.5. The molecule has 230 valence electrons. The molecule has 0 saturated carbocycles. The van der Waals surface area contributed by atoms with E-state index in [1.165, 1.54) is 4.90 Å². The van der Waals surface area contributed by atoms with E-state index in [0.29, 0.717) is 22.3 Å². The summed E-state index contributed by atoms with van der Waals surface area (Å²) in [7, 11) is 0. The summed E-state index contributed by atoms with van der Waals surface area (Å²) in [5, 5.41) is 29.8. The minimum atomic E-state index is -1.16. The van der Waals surface area contributed by atoms with E-state index in [1.54, 1.807) is 19.1 Å². The first-order chi connectivity index (χ1) is 19.6. The number of fused-ring (bicyclic) bond motifs is 7. The van der Waals surface area contributed by atoms with Crippen LogP contribution in [-0.2, 0) is 16.1 Å². The molecule has 3 N–H and O–H groups in total. The van der Waals surface area contributed by atoms with Gasteiger partial charge in [-0.15, -0.1) is 0 Å². The van der Waals surface area contributed by atoms with Gasteiger partial charge in [-0.1, -0.05) is 25.1 Å². The summed E-state index contributed by atoms with van der Waals surface area (Å²) in [6, 6.07) is 11.3. The fourth-order valence-corrected chi connectivity index (χ4v) is 8.46. The van der Waals surface area contributed by atoms with Crippen molar-refractivity contribution in [2.75, 3.05) is 52.4 Å². The Hall–Kier alpha value is -2.79. The lowest BCUT2D eigenvalue weighted by atomic mass is 9.76. The van der Waals surface area contributed by atoms with Crippen LogP contribution in [0.1, 0.15) is 40.9 Å². The minimum Gasteiger partial charge on any atom is -1.00 e. The third-order valence-electron chi connectivity index (χ3n) is 10.8. The molecule has 4 atom stereocenters. The number of carboxylic acids is 1. The van der Waals surface area contributed by atoms with Crippen molar-refractivity contribution in [2.45, 2.75) is 32.5 Å².